The topological polar surface area (TPSA) is 29.3 Å². The lowest BCUT2D eigenvalue weighted by Crippen LogP contribution is -3.11. The fourth-order valence-electron chi connectivity index (χ4n) is 4.43. The summed E-state index contributed by atoms with van der Waals surface area (Å²) in [5.41, 5.74) is 3.39. The molecule has 1 saturated heterocycles. The number of quaternary nitrogens is 1. The zero-order valence-electron chi connectivity index (χ0n) is 14.6. The highest BCUT2D eigenvalue weighted by atomic mass is 16.5. The highest BCUT2D eigenvalue weighted by Crippen LogP contribution is 2.48. The van der Waals surface area contributed by atoms with E-state index in [1.54, 1.807) is 4.90 Å². The molecule has 4 heteroatoms. The van der Waals surface area contributed by atoms with Crippen LogP contribution >= 0.6 is 0 Å². The molecular formula is C21H24N3O+. The molecule has 4 nitrogen and oxygen atoms in total. The first-order chi connectivity index (χ1) is 12.3. The number of nitrogens with one attached hydrogen (secondary N) is 1. The molecule has 5 rings (SSSR count). The first-order valence-electron chi connectivity index (χ1n) is 9.27. The first kappa shape index (κ1) is 15.0. The number of piperidine rings is 1. The van der Waals surface area contributed by atoms with Crippen LogP contribution in [0.2, 0.25) is 0 Å². The SMILES string of the molecule is C[NH+]1CCC2(CC1)Oc1ccccc1[C@H]1CC(c3ccccc3)=NN12. The molecule has 3 aliphatic heterocycles. The van der Waals surface area contributed by atoms with Crippen molar-refractivity contribution in [2.24, 2.45) is 5.10 Å². The van der Waals surface area contributed by atoms with Crippen molar-refractivity contribution in [2.75, 3.05) is 20.1 Å². The van der Waals surface area contributed by atoms with Crippen LogP contribution in [-0.2, 0) is 0 Å². The molecule has 3 heterocycles. The maximum atomic E-state index is 6.61. The molecule has 0 bridgehead atoms. The monoisotopic (exact) mass is 334 g/mol. The van der Waals surface area contributed by atoms with Crippen molar-refractivity contribution in [3.8, 4) is 5.75 Å². The lowest BCUT2D eigenvalue weighted by molar-refractivity contribution is -0.888. The number of hydrazone groups is 1. The Balaban J connectivity index is 1.59. The second-order valence-electron chi connectivity index (χ2n) is 7.52. The Morgan fingerprint density at radius 2 is 1.76 bits per heavy atom. The van der Waals surface area contributed by atoms with E-state index in [4.69, 9.17) is 9.84 Å². The van der Waals surface area contributed by atoms with Gasteiger partial charge < -0.3 is 9.64 Å². The van der Waals surface area contributed by atoms with Crippen LogP contribution < -0.4 is 9.64 Å². The lowest BCUT2D eigenvalue weighted by atomic mass is 9.91. The van der Waals surface area contributed by atoms with Gasteiger partial charge in [0.2, 0.25) is 5.72 Å². The van der Waals surface area contributed by atoms with Gasteiger partial charge in [-0.25, -0.2) is 5.01 Å². The van der Waals surface area contributed by atoms with Gasteiger partial charge in [-0.1, -0.05) is 48.5 Å². The summed E-state index contributed by atoms with van der Waals surface area (Å²) in [5, 5.41) is 7.39. The molecule has 2 aromatic carbocycles. The molecule has 0 unspecified atom stereocenters. The summed E-state index contributed by atoms with van der Waals surface area (Å²) in [4.78, 5) is 1.58. The predicted molar refractivity (Wildman–Crippen MR) is 97.8 cm³/mol. The quantitative estimate of drug-likeness (QED) is 0.867. The van der Waals surface area contributed by atoms with Crippen LogP contribution in [0.4, 0.5) is 0 Å². The number of hydrogen-bond donors (Lipinski definition) is 1. The summed E-state index contributed by atoms with van der Waals surface area (Å²) in [6.07, 6.45) is 3.00. The second kappa shape index (κ2) is 5.60. The maximum Gasteiger partial charge on any atom is 0.208 e. The van der Waals surface area contributed by atoms with Crippen LogP contribution in [-0.4, -0.2) is 36.6 Å². The third-order valence-corrected chi connectivity index (χ3v) is 5.90. The van der Waals surface area contributed by atoms with E-state index in [0.29, 0.717) is 6.04 Å². The van der Waals surface area contributed by atoms with Crippen molar-refractivity contribution in [3.63, 3.8) is 0 Å². The minimum atomic E-state index is -0.283. The van der Waals surface area contributed by atoms with E-state index in [1.807, 2.05) is 0 Å². The van der Waals surface area contributed by atoms with Crippen molar-refractivity contribution < 1.29 is 9.64 Å². The number of para-hydroxylation sites is 1. The number of ether oxygens (including phenoxy) is 1. The molecule has 3 aliphatic rings. The number of nitrogens with zero attached hydrogens (tertiary/aromatic N) is 2. The standard InChI is InChI=1S/C21H23N3O/c1-23-13-11-21(12-14-23)24-19(17-9-5-6-10-20(17)25-21)15-18(22-24)16-7-3-2-4-8-16/h2-10,19H,11-15H2,1H3/p+1/t19-/m1/s1. The third kappa shape index (κ3) is 2.35. The minimum absolute atomic E-state index is 0.283. The molecule has 2 aromatic rings. The van der Waals surface area contributed by atoms with Crippen molar-refractivity contribution >= 4 is 5.71 Å². The Bertz CT molecular complexity index is 809. The van der Waals surface area contributed by atoms with Gasteiger partial charge in [0, 0.05) is 12.0 Å². The van der Waals surface area contributed by atoms with Crippen LogP contribution in [0.25, 0.3) is 0 Å². The molecule has 25 heavy (non-hydrogen) atoms. The van der Waals surface area contributed by atoms with Gasteiger partial charge in [0.05, 0.1) is 44.7 Å². The van der Waals surface area contributed by atoms with Crippen LogP contribution in [0.15, 0.2) is 59.7 Å². The van der Waals surface area contributed by atoms with Gasteiger partial charge in [0.25, 0.3) is 0 Å². The number of hydrogen-bond acceptors (Lipinski definition) is 3. The fourth-order valence-corrected chi connectivity index (χ4v) is 4.43. The van der Waals surface area contributed by atoms with Gasteiger partial charge in [-0.05, 0) is 11.6 Å². The van der Waals surface area contributed by atoms with Gasteiger partial charge in [0.1, 0.15) is 5.75 Å². The number of benzene rings is 2. The van der Waals surface area contributed by atoms with E-state index in [0.717, 1.165) is 38.1 Å². The molecule has 0 aromatic heterocycles. The van der Waals surface area contributed by atoms with E-state index in [2.05, 4.69) is 66.7 Å². The van der Waals surface area contributed by atoms with E-state index in [-0.39, 0.29) is 5.72 Å². The average Bonchev–Trinajstić information content (AvgIpc) is 3.12. The summed E-state index contributed by atoms with van der Waals surface area (Å²) in [7, 11) is 2.27. The molecule has 0 saturated carbocycles. The Morgan fingerprint density at radius 1 is 1.04 bits per heavy atom. The molecular weight excluding hydrogens is 310 g/mol. The van der Waals surface area contributed by atoms with Gasteiger partial charge in [-0.3, -0.25) is 0 Å². The summed E-state index contributed by atoms with van der Waals surface area (Å²) < 4.78 is 6.61. The zero-order valence-corrected chi connectivity index (χ0v) is 14.6. The Kier molecular flexibility index (Phi) is 3.35. The minimum Gasteiger partial charge on any atom is -0.466 e. The van der Waals surface area contributed by atoms with Gasteiger partial charge in [0.15, 0.2) is 0 Å². The second-order valence-corrected chi connectivity index (χ2v) is 7.52. The molecule has 0 amide bonds. The number of fused-ring (bicyclic) bond motifs is 4. The summed E-state index contributed by atoms with van der Waals surface area (Å²) >= 11 is 0. The number of rotatable bonds is 1. The molecule has 1 N–H and O–H groups in total. The Hall–Kier alpha value is -2.33. The molecule has 1 fully saturated rings. The molecule has 0 aliphatic carbocycles. The summed E-state index contributed by atoms with van der Waals surface area (Å²) in [5.74, 6) is 1.05. The van der Waals surface area contributed by atoms with E-state index in [9.17, 15) is 0 Å². The highest BCUT2D eigenvalue weighted by Gasteiger charge is 2.52. The maximum absolute atomic E-state index is 6.61. The molecule has 128 valence electrons. The fraction of sp³-hybridized carbons (Fsp3) is 0.381. The summed E-state index contributed by atoms with van der Waals surface area (Å²) in [6, 6.07) is 19.4. The predicted octanol–water partition coefficient (Wildman–Crippen LogP) is 2.23. The zero-order chi connectivity index (χ0) is 16.9. The number of likely N-dealkylation sites (tertiary alicyclic amines) is 1. The van der Waals surface area contributed by atoms with E-state index in [1.165, 1.54) is 16.8 Å². The normalized spacial score (nSPS) is 30.4. The van der Waals surface area contributed by atoms with Gasteiger partial charge in [-0.15, -0.1) is 0 Å². The van der Waals surface area contributed by atoms with Crippen LogP contribution in [0.5, 0.6) is 5.75 Å². The van der Waals surface area contributed by atoms with Crippen LogP contribution in [0.1, 0.15) is 36.4 Å². The lowest BCUT2D eigenvalue weighted by Gasteiger charge is -2.49. The van der Waals surface area contributed by atoms with Crippen LogP contribution in [0, 0.1) is 0 Å². The third-order valence-electron chi connectivity index (χ3n) is 5.90. The van der Waals surface area contributed by atoms with Crippen molar-refractivity contribution in [2.45, 2.75) is 31.0 Å². The molecule has 1 spiro atoms. The van der Waals surface area contributed by atoms with Crippen molar-refractivity contribution in [1.82, 2.24) is 5.01 Å². The molecule has 1 atom stereocenters. The Labute approximate surface area is 148 Å². The van der Waals surface area contributed by atoms with Crippen LogP contribution in [0.3, 0.4) is 0 Å². The smallest absolute Gasteiger partial charge is 0.208 e. The van der Waals surface area contributed by atoms with E-state index >= 15 is 0 Å². The van der Waals surface area contributed by atoms with Crippen molar-refractivity contribution in [3.05, 3.63) is 65.7 Å². The van der Waals surface area contributed by atoms with E-state index < -0.39 is 0 Å². The van der Waals surface area contributed by atoms with Crippen molar-refractivity contribution in [1.29, 1.82) is 0 Å². The highest BCUT2D eigenvalue weighted by molar-refractivity contribution is 6.01. The average molecular weight is 334 g/mol. The first-order valence-corrected chi connectivity index (χ1v) is 9.27. The van der Waals surface area contributed by atoms with Gasteiger partial charge >= 0.3 is 0 Å². The molecule has 0 radical (unpaired) electrons. The Morgan fingerprint density at radius 3 is 2.56 bits per heavy atom. The largest absolute Gasteiger partial charge is 0.466 e. The summed E-state index contributed by atoms with van der Waals surface area (Å²) in [6.45, 7) is 2.25. The van der Waals surface area contributed by atoms with Gasteiger partial charge in [-0.2, -0.15) is 5.10 Å².